The predicted molar refractivity (Wildman–Crippen MR) is 64.1 cm³/mol. The number of rotatable bonds is 2. The standard InChI is InChI=1S/C10H10N2S2/c1-12(10(13)14)9-5-3-2-4-8(9)6-7-11/h2-5H,6H2,1H3,(H,13,14)/p-1. The van der Waals surface area contributed by atoms with Crippen molar-refractivity contribution in [2.75, 3.05) is 11.9 Å². The van der Waals surface area contributed by atoms with E-state index in [9.17, 15) is 0 Å². The Kier molecular flexibility index (Phi) is 3.81. The highest BCUT2D eigenvalue weighted by Gasteiger charge is 2.04. The molecule has 1 rings (SSSR count). The number of benzene rings is 1. The second-order valence-corrected chi connectivity index (χ2v) is 3.82. The van der Waals surface area contributed by atoms with Crippen LogP contribution in [0.2, 0.25) is 0 Å². The lowest BCUT2D eigenvalue weighted by Gasteiger charge is -2.25. The van der Waals surface area contributed by atoms with E-state index in [2.05, 4.69) is 6.07 Å². The van der Waals surface area contributed by atoms with E-state index in [4.69, 9.17) is 30.1 Å². The van der Waals surface area contributed by atoms with Crippen LogP contribution >= 0.6 is 12.2 Å². The van der Waals surface area contributed by atoms with E-state index >= 15 is 0 Å². The topological polar surface area (TPSA) is 27.0 Å². The fourth-order valence-electron chi connectivity index (χ4n) is 1.17. The molecule has 0 aliphatic heterocycles. The van der Waals surface area contributed by atoms with Crippen molar-refractivity contribution in [2.45, 2.75) is 6.42 Å². The number of hydrogen-bond donors (Lipinski definition) is 0. The molecule has 0 N–H and O–H groups in total. The third-order valence-corrected chi connectivity index (χ3v) is 2.44. The van der Waals surface area contributed by atoms with Crippen LogP contribution in [-0.4, -0.2) is 11.4 Å². The largest absolute Gasteiger partial charge is 0.411 e. The molecule has 4 heteroatoms. The van der Waals surface area contributed by atoms with Gasteiger partial charge in [-0.05, 0) is 11.6 Å². The van der Waals surface area contributed by atoms with Gasteiger partial charge in [0, 0.05) is 12.7 Å². The van der Waals surface area contributed by atoms with E-state index in [-0.39, 0.29) is 0 Å². The molecular formula is C10H9N2S2-. The number of para-hydroxylation sites is 1. The monoisotopic (exact) mass is 221 g/mol. The molecule has 0 saturated carbocycles. The fourth-order valence-corrected chi connectivity index (χ4v) is 1.37. The first-order valence-corrected chi connectivity index (χ1v) is 4.88. The summed E-state index contributed by atoms with van der Waals surface area (Å²) in [7, 11) is 1.81. The van der Waals surface area contributed by atoms with Gasteiger partial charge in [-0.2, -0.15) is 5.26 Å². The fraction of sp³-hybridized carbons (Fsp3) is 0.200. The molecule has 0 heterocycles. The van der Waals surface area contributed by atoms with Crippen molar-refractivity contribution in [1.82, 2.24) is 0 Å². The summed E-state index contributed by atoms with van der Waals surface area (Å²) >= 11 is 9.80. The third kappa shape index (κ3) is 2.41. The first kappa shape index (κ1) is 10.9. The van der Waals surface area contributed by atoms with Crippen molar-refractivity contribution >= 4 is 34.9 Å². The van der Waals surface area contributed by atoms with Gasteiger partial charge in [0.25, 0.3) is 0 Å². The number of hydrogen-bond acceptors (Lipinski definition) is 3. The molecule has 0 saturated heterocycles. The van der Waals surface area contributed by atoms with Gasteiger partial charge in [0.15, 0.2) is 0 Å². The van der Waals surface area contributed by atoms with Crippen molar-refractivity contribution in [3.05, 3.63) is 29.8 Å². The van der Waals surface area contributed by atoms with Crippen LogP contribution in [0.1, 0.15) is 5.56 Å². The van der Waals surface area contributed by atoms with Crippen molar-refractivity contribution < 1.29 is 0 Å². The number of nitriles is 1. The summed E-state index contributed by atoms with van der Waals surface area (Å²) in [6, 6.07) is 9.73. The molecule has 0 fully saturated rings. The molecule has 1 aromatic rings. The van der Waals surface area contributed by atoms with Crippen molar-refractivity contribution in [3.8, 4) is 6.07 Å². The smallest absolute Gasteiger partial charge is 0.0670 e. The SMILES string of the molecule is CN(C(=S)[S-])c1ccccc1CC#N. The molecule has 0 aromatic heterocycles. The molecule has 2 nitrogen and oxygen atoms in total. The van der Waals surface area contributed by atoms with Gasteiger partial charge in [-0.1, -0.05) is 22.5 Å². The molecule has 0 radical (unpaired) electrons. The molecule has 0 unspecified atom stereocenters. The molecule has 0 bridgehead atoms. The maximum absolute atomic E-state index is 8.64. The summed E-state index contributed by atoms with van der Waals surface area (Å²) in [4.78, 5) is 1.73. The summed E-state index contributed by atoms with van der Waals surface area (Å²) < 4.78 is 0.385. The summed E-state index contributed by atoms with van der Waals surface area (Å²) in [6.07, 6.45) is 0.373. The summed E-state index contributed by atoms with van der Waals surface area (Å²) in [6.45, 7) is 0. The minimum absolute atomic E-state index is 0.373. The molecule has 0 spiro atoms. The van der Waals surface area contributed by atoms with E-state index in [1.54, 1.807) is 4.90 Å². The van der Waals surface area contributed by atoms with Crippen LogP contribution in [0.15, 0.2) is 24.3 Å². The average molecular weight is 221 g/mol. The van der Waals surface area contributed by atoms with Crippen LogP contribution < -0.4 is 4.90 Å². The van der Waals surface area contributed by atoms with Gasteiger partial charge >= 0.3 is 0 Å². The van der Waals surface area contributed by atoms with Crippen molar-refractivity contribution in [2.24, 2.45) is 0 Å². The highest BCUT2D eigenvalue weighted by Crippen LogP contribution is 2.19. The Hall–Kier alpha value is -1.18. The molecule has 14 heavy (non-hydrogen) atoms. The molecule has 0 amide bonds. The van der Waals surface area contributed by atoms with Crippen LogP contribution in [0.4, 0.5) is 5.69 Å². The van der Waals surface area contributed by atoms with Gasteiger partial charge in [-0.15, -0.1) is 0 Å². The maximum Gasteiger partial charge on any atom is 0.0670 e. The Morgan fingerprint density at radius 2 is 2.21 bits per heavy atom. The van der Waals surface area contributed by atoms with Crippen LogP contribution in [0.3, 0.4) is 0 Å². The van der Waals surface area contributed by atoms with Crippen molar-refractivity contribution in [1.29, 1.82) is 5.26 Å². The highest BCUT2D eigenvalue weighted by molar-refractivity contribution is 8.00. The predicted octanol–water partition coefficient (Wildman–Crippen LogP) is 2.02. The first-order valence-electron chi connectivity index (χ1n) is 4.06. The average Bonchev–Trinajstić information content (AvgIpc) is 2.18. The molecule has 0 aliphatic rings. The summed E-state index contributed by atoms with van der Waals surface area (Å²) in [5, 5.41) is 8.64. The lowest BCUT2D eigenvalue weighted by molar-refractivity contribution is 1.20. The van der Waals surface area contributed by atoms with E-state index in [0.29, 0.717) is 10.7 Å². The Morgan fingerprint density at radius 3 is 2.79 bits per heavy atom. The molecule has 0 atom stereocenters. The Labute approximate surface area is 94.6 Å². The normalized spacial score (nSPS) is 9.14. The lowest BCUT2D eigenvalue weighted by atomic mass is 10.1. The second kappa shape index (κ2) is 4.89. The van der Waals surface area contributed by atoms with E-state index in [1.807, 2.05) is 31.3 Å². The van der Waals surface area contributed by atoms with Crippen molar-refractivity contribution in [3.63, 3.8) is 0 Å². The quantitative estimate of drug-likeness (QED) is 0.564. The Bertz CT molecular complexity index is 382. The van der Waals surface area contributed by atoms with Crippen LogP contribution in [0.5, 0.6) is 0 Å². The first-order chi connectivity index (χ1) is 6.66. The minimum Gasteiger partial charge on any atom is -0.411 e. The van der Waals surface area contributed by atoms with Crippen LogP contribution in [0, 0.1) is 11.3 Å². The van der Waals surface area contributed by atoms with Gasteiger partial charge in [0.1, 0.15) is 0 Å². The van der Waals surface area contributed by atoms with E-state index < -0.39 is 0 Å². The van der Waals surface area contributed by atoms with Gasteiger partial charge in [-0.25, -0.2) is 0 Å². The third-order valence-electron chi connectivity index (χ3n) is 1.90. The zero-order chi connectivity index (χ0) is 10.6. The zero-order valence-corrected chi connectivity index (χ0v) is 9.36. The van der Waals surface area contributed by atoms with E-state index in [1.165, 1.54) is 0 Å². The van der Waals surface area contributed by atoms with E-state index in [0.717, 1.165) is 11.3 Å². The lowest BCUT2D eigenvalue weighted by Crippen LogP contribution is -2.22. The Morgan fingerprint density at radius 1 is 1.57 bits per heavy atom. The van der Waals surface area contributed by atoms with Gasteiger partial charge in [0.2, 0.25) is 0 Å². The maximum atomic E-state index is 8.64. The molecular weight excluding hydrogens is 212 g/mol. The molecule has 1 aromatic carbocycles. The number of nitrogens with zero attached hydrogens (tertiary/aromatic N) is 2. The summed E-state index contributed by atoms with van der Waals surface area (Å²) in [5.74, 6) is 0. The zero-order valence-electron chi connectivity index (χ0n) is 7.73. The van der Waals surface area contributed by atoms with Gasteiger partial charge in [-0.3, -0.25) is 0 Å². The van der Waals surface area contributed by atoms with Crippen LogP contribution in [-0.2, 0) is 19.0 Å². The minimum atomic E-state index is 0.373. The molecule has 0 aliphatic carbocycles. The summed E-state index contributed by atoms with van der Waals surface area (Å²) in [5.41, 5.74) is 1.86. The number of anilines is 1. The van der Waals surface area contributed by atoms with Crippen LogP contribution in [0.25, 0.3) is 0 Å². The van der Waals surface area contributed by atoms with Gasteiger partial charge in [0.05, 0.1) is 12.5 Å². The number of thiocarbonyl (C=S) groups is 1. The Balaban J connectivity index is 3.07. The second-order valence-electron chi connectivity index (χ2n) is 2.79. The molecule has 72 valence electrons. The highest BCUT2D eigenvalue weighted by atomic mass is 32.1. The van der Waals surface area contributed by atoms with Gasteiger partial charge < -0.3 is 29.7 Å².